The van der Waals surface area contributed by atoms with Crippen molar-refractivity contribution in [2.24, 2.45) is 0 Å². The predicted molar refractivity (Wildman–Crippen MR) is 107 cm³/mol. The number of rotatable bonds is 6. The van der Waals surface area contributed by atoms with E-state index in [1.807, 2.05) is 43.3 Å². The minimum atomic E-state index is -0.212. The molecule has 142 valence electrons. The molecule has 1 heterocycles. The van der Waals surface area contributed by atoms with Crippen LogP contribution in [0.2, 0.25) is 0 Å². The summed E-state index contributed by atoms with van der Waals surface area (Å²) in [6.45, 7) is 6.92. The van der Waals surface area contributed by atoms with Crippen molar-refractivity contribution >= 4 is 23.2 Å². The molecule has 5 heteroatoms. The van der Waals surface area contributed by atoms with Crippen molar-refractivity contribution in [1.82, 2.24) is 0 Å². The van der Waals surface area contributed by atoms with E-state index in [0.717, 1.165) is 35.5 Å². The Balaban J connectivity index is 1.58. The highest BCUT2D eigenvalue weighted by molar-refractivity contribution is 5.96. The molecule has 1 aliphatic heterocycles. The molecule has 1 N–H and O–H groups in total. The smallest absolute Gasteiger partial charge is 0.262 e. The quantitative estimate of drug-likeness (QED) is 0.831. The van der Waals surface area contributed by atoms with Crippen LogP contribution in [0.25, 0.3) is 0 Å². The van der Waals surface area contributed by atoms with E-state index in [-0.39, 0.29) is 18.4 Å². The Kier molecular flexibility index (Phi) is 5.79. The van der Waals surface area contributed by atoms with E-state index in [0.29, 0.717) is 18.0 Å². The predicted octanol–water partition coefficient (Wildman–Crippen LogP) is 4.26. The number of anilines is 2. The first kappa shape index (κ1) is 19.0. The van der Waals surface area contributed by atoms with E-state index < -0.39 is 0 Å². The average molecular weight is 366 g/mol. The summed E-state index contributed by atoms with van der Waals surface area (Å²) >= 11 is 0. The molecular weight excluding hydrogens is 340 g/mol. The summed E-state index contributed by atoms with van der Waals surface area (Å²) in [4.78, 5) is 25.8. The van der Waals surface area contributed by atoms with Gasteiger partial charge in [-0.1, -0.05) is 26.0 Å². The zero-order valence-corrected chi connectivity index (χ0v) is 16.1. The van der Waals surface area contributed by atoms with Gasteiger partial charge in [0.2, 0.25) is 5.91 Å². The van der Waals surface area contributed by atoms with Gasteiger partial charge in [-0.25, -0.2) is 0 Å². The molecule has 27 heavy (non-hydrogen) atoms. The molecule has 2 aromatic carbocycles. The van der Waals surface area contributed by atoms with E-state index in [1.165, 1.54) is 0 Å². The second kappa shape index (κ2) is 8.25. The fourth-order valence-electron chi connectivity index (χ4n) is 3.23. The Morgan fingerprint density at radius 2 is 1.93 bits per heavy atom. The summed E-state index contributed by atoms with van der Waals surface area (Å²) in [7, 11) is 0. The second-order valence-electron chi connectivity index (χ2n) is 7.23. The molecule has 0 unspecified atom stereocenters. The van der Waals surface area contributed by atoms with Gasteiger partial charge < -0.3 is 15.0 Å². The number of hydrogen-bond donors (Lipinski definition) is 1. The normalized spacial score (nSPS) is 13.9. The van der Waals surface area contributed by atoms with Crippen LogP contribution in [0.3, 0.4) is 0 Å². The molecule has 2 aromatic rings. The highest BCUT2D eigenvalue weighted by Crippen LogP contribution is 2.27. The van der Waals surface area contributed by atoms with Gasteiger partial charge in [-0.05, 0) is 60.7 Å². The highest BCUT2D eigenvalue weighted by Gasteiger charge is 2.21. The van der Waals surface area contributed by atoms with Crippen LogP contribution in [0.15, 0.2) is 42.5 Å². The lowest BCUT2D eigenvalue weighted by molar-refractivity contribution is -0.118. The lowest BCUT2D eigenvalue weighted by atomic mass is 10.0. The van der Waals surface area contributed by atoms with Crippen LogP contribution in [0.1, 0.15) is 43.7 Å². The number of amides is 2. The SMILES string of the molecule is Cc1ccc(C(C)C)c(OCC(=O)Nc2ccc(N3CCCC3=O)cc2)c1. The fourth-order valence-corrected chi connectivity index (χ4v) is 3.23. The Labute approximate surface area is 160 Å². The molecule has 1 aliphatic rings. The maximum Gasteiger partial charge on any atom is 0.262 e. The minimum Gasteiger partial charge on any atom is -0.483 e. The first-order chi connectivity index (χ1) is 12.9. The molecule has 0 atom stereocenters. The van der Waals surface area contributed by atoms with Crippen molar-refractivity contribution < 1.29 is 14.3 Å². The van der Waals surface area contributed by atoms with Crippen molar-refractivity contribution in [1.29, 1.82) is 0 Å². The Bertz CT molecular complexity index is 828. The van der Waals surface area contributed by atoms with Crippen molar-refractivity contribution in [3.8, 4) is 5.75 Å². The number of carbonyl (C=O) groups excluding carboxylic acids is 2. The molecule has 3 rings (SSSR count). The zero-order chi connectivity index (χ0) is 19.4. The van der Waals surface area contributed by atoms with Gasteiger partial charge in [-0.2, -0.15) is 0 Å². The van der Waals surface area contributed by atoms with Crippen LogP contribution in [0.4, 0.5) is 11.4 Å². The van der Waals surface area contributed by atoms with Gasteiger partial charge in [0.15, 0.2) is 6.61 Å². The molecule has 5 nitrogen and oxygen atoms in total. The van der Waals surface area contributed by atoms with E-state index in [2.05, 4.69) is 25.2 Å². The Morgan fingerprint density at radius 1 is 1.19 bits per heavy atom. The van der Waals surface area contributed by atoms with Gasteiger partial charge in [0.05, 0.1) is 0 Å². The zero-order valence-electron chi connectivity index (χ0n) is 16.1. The maximum atomic E-state index is 12.2. The van der Waals surface area contributed by atoms with Gasteiger partial charge in [0.1, 0.15) is 5.75 Å². The topological polar surface area (TPSA) is 58.6 Å². The molecule has 0 aromatic heterocycles. The van der Waals surface area contributed by atoms with E-state index >= 15 is 0 Å². The van der Waals surface area contributed by atoms with Gasteiger partial charge in [0, 0.05) is 24.3 Å². The van der Waals surface area contributed by atoms with Crippen molar-refractivity contribution in [2.75, 3.05) is 23.4 Å². The summed E-state index contributed by atoms with van der Waals surface area (Å²) < 4.78 is 5.77. The van der Waals surface area contributed by atoms with Crippen LogP contribution in [-0.4, -0.2) is 25.0 Å². The summed E-state index contributed by atoms with van der Waals surface area (Å²) in [6, 6.07) is 13.4. The van der Waals surface area contributed by atoms with Crippen LogP contribution >= 0.6 is 0 Å². The number of ether oxygens (including phenoxy) is 1. The van der Waals surface area contributed by atoms with Crippen LogP contribution in [-0.2, 0) is 9.59 Å². The second-order valence-corrected chi connectivity index (χ2v) is 7.23. The fraction of sp³-hybridized carbons (Fsp3) is 0.364. The average Bonchev–Trinajstić information content (AvgIpc) is 3.06. The summed E-state index contributed by atoms with van der Waals surface area (Å²) in [5, 5.41) is 2.84. The Hall–Kier alpha value is -2.82. The number of hydrogen-bond acceptors (Lipinski definition) is 3. The third kappa shape index (κ3) is 4.67. The van der Waals surface area contributed by atoms with Gasteiger partial charge >= 0.3 is 0 Å². The molecule has 1 saturated heterocycles. The number of carbonyl (C=O) groups is 2. The molecule has 0 aliphatic carbocycles. The van der Waals surface area contributed by atoms with Crippen molar-refractivity contribution in [3.05, 3.63) is 53.6 Å². The van der Waals surface area contributed by atoms with E-state index in [9.17, 15) is 9.59 Å². The molecular formula is C22H26N2O3. The number of nitrogens with one attached hydrogen (secondary N) is 1. The monoisotopic (exact) mass is 366 g/mol. The summed E-state index contributed by atoms with van der Waals surface area (Å²) in [6.07, 6.45) is 1.50. The van der Waals surface area contributed by atoms with E-state index in [4.69, 9.17) is 4.74 Å². The lowest BCUT2D eigenvalue weighted by Gasteiger charge is -2.16. The molecule has 0 saturated carbocycles. The summed E-state index contributed by atoms with van der Waals surface area (Å²) in [5.41, 5.74) is 3.75. The molecule has 1 fully saturated rings. The standard InChI is InChI=1S/C22H26N2O3/c1-15(2)19-11-6-16(3)13-20(19)27-14-21(25)23-17-7-9-18(10-8-17)24-12-4-5-22(24)26/h6-11,13,15H,4-5,12,14H2,1-3H3,(H,23,25). The number of benzene rings is 2. The van der Waals surface area contributed by atoms with Crippen molar-refractivity contribution in [2.45, 2.75) is 39.5 Å². The summed E-state index contributed by atoms with van der Waals surface area (Å²) in [5.74, 6) is 1.02. The maximum absolute atomic E-state index is 12.2. The largest absolute Gasteiger partial charge is 0.483 e. The van der Waals surface area contributed by atoms with Gasteiger partial charge in [-0.15, -0.1) is 0 Å². The molecule has 0 bridgehead atoms. The lowest BCUT2D eigenvalue weighted by Crippen LogP contribution is -2.23. The molecule has 2 amide bonds. The van der Waals surface area contributed by atoms with Crippen LogP contribution < -0.4 is 15.0 Å². The first-order valence-electron chi connectivity index (χ1n) is 9.37. The van der Waals surface area contributed by atoms with E-state index in [1.54, 1.807) is 4.90 Å². The van der Waals surface area contributed by atoms with Crippen LogP contribution in [0, 0.1) is 6.92 Å². The van der Waals surface area contributed by atoms with Crippen molar-refractivity contribution in [3.63, 3.8) is 0 Å². The number of aryl methyl sites for hydroxylation is 1. The Morgan fingerprint density at radius 3 is 2.56 bits per heavy atom. The molecule has 0 spiro atoms. The number of nitrogens with zero attached hydrogens (tertiary/aromatic N) is 1. The minimum absolute atomic E-state index is 0.0461. The third-order valence-electron chi connectivity index (χ3n) is 4.69. The third-order valence-corrected chi connectivity index (χ3v) is 4.69. The van der Waals surface area contributed by atoms with Gasteiger partial charge in [0.25, 0.3) is 5.91 Å². The molecule has 0 radical (unpaired) electrons. The van der Waals surface area contributed by atoms with Crippen LogP contribution in [0.5, 0.6) is 5.75 Å². The highest BCUT2D eigenvalue weighted by atomic mass is 16.5. The van der Waals surface area contributed by atoms with Gasteiger partial charge in [-0.3, -0.25) is 9.59 Å². The first-order valence-corrected chi connectivity index (χ1v) is 9.37.